The van der Waals surface area contributed by atoms with Crippen molar-refractivity contribution in [2.75, 3.05) is 6.54 Å². The zero-order valence-electron chi connectivity index (χ0n) is 12.8. The van der Waals surface area contributed by atoms with E-state index >= 15 is 0 Å². The van der Waals surface area contributed by atoms with E-state index in [-0.39, 0.29) is 0 Å². The second kappa shape index (κ2) is 8.96. The number of rotatable bonds is 8. The Bertz CT molecular complexity index is 376. The summed E-state index contributed by atoms with van der Waals surface area (Å²) in [6.07, 6.45) is 5.05. The number of hydrogen-bond donors (Lipinski definition) is 1. The predicted molar refractivity (Wildman–Crippen MR) is 93.6 cm³/mol. The van der Waals surface area contributed by atoms with Gasteiger partial charge in [0, 0.05) is 9.61 Å². The molecule has 1 nitrogen and oxygen atoms in total. The third kappa shape index (κ3) is 5.42. The fourth-order valence-corrected chi connectivity index (χ4v) is 3.33. The summed E-state index contributed by atoms with van der Waals surface area (Å²) in [5.41, 5.74) is 2.88. The van der Waals surface area contributed by atoms with Crippen LogP contribution < -0.4 is 5.32 Å². The van der Waals surface area contributed by atoms with Crippen molar-refractivity contribution in [3.05, 3.63) is 32.9 Å². The van der Waals surface area contributed by atoms with Crippen molar-refractivity contribution >= 4 is 22.6 Å². The van der Waals surface area contributed by atoms with Crippen LogP contribution in [0.3, 0.4) is 0 Å². The second-order valence-corrected chi connectivity index (χ2v) is 6.69. The summed E-state index contributed by atoms with van der Waals surface area (Å²) in [5, 5.41) is 3.74. The van der Waals surface area contributed by atoms with Crippen molar-refractivity contribution in [2.24, 2.45) is 5.92 Å². The molecular weight excluding hydrogens is 345 g/mol. The topological polar surface area (TPSA) is 12.0 Å². The van der Waals surface area contributed by atoms with E-state index < -0.39 is 0 Å². The first-order valence-corrected chi connectivity index (χ1v) is 8.66. The molecule has 1 aromatic rings. The summed E-state index contributed by atoms with van der Waals surface area (Å²) in [7, 11) is 0. The maximum Gasteiger partial charge on any atom is 0.0333 e. The zero-order valence-corrected chi connectivity index (χ0v) is 15.0. The van der Waals surface area contributed by atoms with E-state index in [0.29, 0.717) is 6.04 Å². The van der Waals surface area contributed by atoms with Crippen LogP contribution in [0.25, 0.3) is 0 Å². The summed E-state index contributed by atoms with van der Waals surface area (Å²) < 4.78 is 1.43. The first-order chi connectivity index (χ1) is 9.10. The van der Waals surface area contributed by atoms with Crippen LogP contribution >= 0.6 is 22.6 Å². The number of nitrogens with one attached hydrogen (secondary N) is 1. The van der Waals surface area contributed by atoms with Gasteiger partial charge < -0.3 is 5.32 Å². The third-order valence-electron chi connectivity index (χ3n) is 3.66. The Morgan fingerprint density at radius 2 is 1.95 bits per heavy atom. The molecule has 0 bridgehead atoms. The van der Waals surface area contributed by atoms with E-state index in [9.17, 15) is 0 Å². The Kier molecular flexibility index (Phi) is 8.00. The molecule has 0 aliphatic rings. The molecule has 1 aromatic carbocycles. The van der Waals surface area contributed by atoms with E-state index in [4.69, 9.17) is 0 Å². The lowest BCUT2D eigenvalue weighted by Crippen LogP contribution is -2.25. The fourth-order valence-electron chi connectivity index (χ4n) is 2.59. The monoisotopic (exact) mass is 373 g/mol. The van der Waals surface area contributed by atoms with Crippen LogP contribution in [0.2, 0.25) is 0 Å². The van der Waals surface area contributed by atoms with E-state index in [1.54, 1.807) is 0 Å². The standard InChI is InChI=1S/C17H28IN/c1-5-8-13(3)12-16(19-11-6-2)15-10-7-9-14(4)17(15)18/h7,9-10,13,16,19H,5-6,8,11-12H2,1-4H3. The van der Waals surface area contributed by atoms with Gasteiger partial charge in [0.05, 0.1) is 0 Å². The number of halogens is 1. The summed E-state index contributed by atoms with van der Waals surface area (Å²) in [6.45, 7) is 10.2. The molecule has 0 amide bonds. The molecule has 0 saturated carbocycles. The Hall–Kier alpha value is -0.0900. The molecule has 108 valence electrons. The summed E-state index contributed by atoms with van der Waals surface area (Å²) in [5.74, 6) is 0.788. The molecule has 0 aliphatic carbocycles. The van der Waals surface area contributed by atoms with Crippen LogP contribution in [-0.2, 0) is 0 Å². The maximum atomic E-state index is 3.74. The van der Waals surface area contributed by atoms with Crippen molar-refractivity contribution in [2.45, 2.75) is 59.4 Å². The van der Waals surface area contributed by atoms with E-state index in [1.165, 1.54) is 40.4 Å². The Morgan fingerprint density at radius 3 is 2.58 bits per heavy atom. The van der Waals surface area contributed by atoms with Gasteiger partial charge in [-0.05, 0) is 65.9 Å². The average Bonchev–Trinajstić information content (AvgIpc) is 2.38. The van der Waals surface area contributed by atoms with Crippen LogP contribution in [0, 0.1) is 16.4 Å². The molecule has 0 saturated heterocycles. The lowest BCUT2D eigenvalue weighted by molar-refractivity contribution is 0.389. The van der Waals surface area contributed by atoms with Crippen LogP contribution in [-0.4, -0.2) is 6.54 Å². The third-order valence-corrected chi connectivity index (χ3v) is 5.13. The minimum Gasteiger partial charge on any atom is -0.310 e. The van der Waals surface area contributed by atoms with Crippen LogP contribution in [0.15, 0.2) is 18.2 Å². The van der Waals surface area contributed by atoms with Crippen molar-refractivity contribution in [3.8, 4) is 0 Å². The normalized spacial score (nSPS) is 14.4. The lowest BCUT2D eigenvalue weighted by Gasteiger charge is -2.24. The molecule has 0 aromatic heterocycles. The van der Waals surface area contributed by atoms with E-state index in [0.717, 1.165) is 12.5 Å². The minimum absolute atomic E-state index is 0.508. The largest absolute Gasteiger partial charge is 0.310 e. The molecule has 0 spiro atoms. The fraction of sp³-hybridized carbons (Fsp3) is 0.647. The number of aryl methyl sites for hydroxylation is 1. The highest BCUT2D eigenvalue weighted by Gasteiger charge is 2.17. The van der Waals surface area contributed by atoms with Gasteiger partial charge in [-0.15, -0.1) is 0 Å². The van der Waals surface area contributed by atoms with E-state index in [1.807, 2.05) is 0 Å². The SMILES string of the molecule is CCCNC(CC(C)CCC)c1cccc(C)c1I. The Labute approximate surface area is 132 Å². The van der Waals surface area contributed by atoms with Gasteiger partial charge in [0.1, 0.15) is 0 Å². The van der Waals surface area contributed by atoms with Crippen LogP contribution in [0.5, 0.6) is 0 Å². The second-order valence-electron chi connectivity index (χ2n) is 5.61. The lowest BCUT2D eigenvalue weighted by atomic mass is 9.92. The molecule has 1 N–H and O–H groups in total. The minimum atomic E-state index is 0.508. The van der Waals surface area contributed by atoms with Gasteiger partial charge in [-0.2, -0.15) is 0 Å². The van der Waals surface area contributed by atoms with Crippen LogP contribution in [0.4, 0.5) is 0 Å². The number of hydrogen-bond acceptors (Lipinski definition) is 1. The molecular formula is C17H28IN. The van der Waals surface area contributed by atoms with E-state index in [2.05, 4.69) is 73.8 Å². The molecule has 0 fully saturated rings. The van der Waals surface area contributed by atoms with Gasteiger partial charge in [-0.3, -0.25) is 0 Å². The number of benzene rings is 1. The molecule has 0 aliphatic heterocycles. The Morgan fingerprint density at radius 1 is 1.21 bits per heavy atom. The summed E-state index contributed by atoms with van der Waals surface area (Å²) in [6, 6.07) is 7.20. The van der Waals surface area contributed by atoms with Crippen molar-refractivity contribution < 1.29 is 0 Å². The highest BCUT2D eigenvalue weighted by Crippen LogP contribution is 2.29. The summed E-state index contributed by atoms with van der Waals surface area (Å²) >= 11 is 2.50. The summed E-state index contributed by atoms with van der Waals surface area (Å²) in [4.78, 5) is 0. The molecule has 0 heterocycles. The smallest absolute Gasteiger partial charge is 0.0333 e. The molecule has 2 heteroatoms. The Balaban J connectivity index is 2.85. The first-order valence-electron chi connectivity index (χ1n) is 7.58. The molecule has 1 rings (SSSR count). The molecule has 19 heavy (non-hydrogen) atoms. The highest BCUT2D eigenvalue weighted by molar-refractivity contribution is 14.1. The zero-order chi connectivity index (χ0) is 14.3. The van der Waals surface area contributed by atoms with Crippen molar-refractivity contribution in [3.63, 3.8) is 0 Å². The van der Waals surface area contributed by atoms with Gasteiger partial charge in [-0.1, -0.05) is 51.8 Å². The predicted octanol–water partition coefficient (Wildman–Crippen LogP) is 5.47. The van der Waals surface area contributed by atoms with Gasteiger partial charge in [-0.25, -0.2) is 0 Å². The van der Waals surface area contributed by atoms with Gasteiger partial charge >= 0.3 is 0 Å². The quantitative estimate of drug-likeness (QED) is 0.596. The van der Waals surface area contributed by atoms with Crippen molar-refractivity contribution in [1.82, 2.24) is 5.32 Å². The van der Waals surface area contributed by atoms with Gasteiger partial charge in [0.15, 0.2) is 0 Å². The molecule has 2 unspecified atom stereocenters. The molecule has 0 radical (unpaired) electrons. The highest BCUT2D eigenvalue weighted by atomic mass is 127. The average molecular weight is 373 g/mol. The van der Waals surface area contributed by atoms with Gasteiger partial charge in [0.25, 0.3) is 0 Å². The van der Waals surface area contributed by atoms with Crippen LogP contribution in [0.1, 0.15) is 63.6 Å². The first kappa shape index (κ1) is 17.0. The van der Waals surface area contributed by atoms with Crippen molar-refractivity contribution in [1.29, 1.82) is 0 Å². The maximum absolute atomic E-state index is 3.74. The van der Waals surface area contributed by atoms with Gasteiger partial charge in [0.2, 0.25) is 0 Å². The molecule has 2 atom stereocenters.